The van der Waals surface area contributed by atoms with Crippen molar-refractivity contribution < 1.29 is 9.53 Å². The van der Waals surface area contributed by atoms with Crippen molar-refractivity contribution in [1.29, 1.82) is 5.26 Å². The number of hydrogen-bond acceptors (Lipinski definition) is 5. The third-order valence-corrected chi connectivity index (χ3v) is 6.18. The lowest BCUT2D eigenvalue weighted by Crippen LogP contribution is -2.40. The number of rotatable bonds is 9. The Morgan fingerprint density at radius 2 is 2.16 bits per heavy atom. The van der Waals surface area contributed by atoms with Crippen LogP contribution in [-0.2, 0) is 12.8 Å². The molecule has 2 aromatic rings. The fraction of sp³-hybridized carbons (Fsp3) is 0.423. The molecule has 1 amide bonds. The number of nitriles is 1. The molecular formula is C26H32N4O2. The highest BCUT2D eigenvalue weighted by Crippen LogP contribution is 2.32. The van der Waals surface area contributed by atoms with E-state index < -0.39 is 0 Å². The summed E-state index contributed by atoms with van der Waals surface area (Å²) in [4.78, 5) is 22.1. The van der Waals surface area contributed by atoms with Gasteiger partial charge in [-0.1, -0.05) is 25.6 Å². The Labute approximate surface area is 191 Å². The van der Waals surface area contributed by atoms with Gasteiger partial charge in [0.25, 0.3) is 5.91 Å². The van der Waals surface area contributed by atoms with Gasteiger partial charge in [0.1, 0.15) is 17.4 Å². The normalized spacial score (nSPS) is 14.1. The molecule has 6 heteroatoms. The molecule has 1 aliphatic heterocycles. The number of nitrogens with zero attached hydrogens (tertiary/aromatic N) is 4. The standard InChI is InChI=1S/C26H32N4O2/c1-6-20-13-19(9-11-29(5)7-2)14-23-22(20)10-12-30(26(23)31)18(4)24-15-25(32-8-3)21(16-27)17-28-24/h6,13-15,17-18H,1,7-12H2,2-5H3. The molecule has 3 rings (SSSR count). The van der Waals surface area contributed by atoms with Crippen LogP contribution in [-0.4, -0.2) is 54.0 Å². The summed E-state index contributed by atoms with van der Waals surface area (Å²) in [6, 6.07) is 7.87. The van der Waals surface area contributed by atoms with Crippen LogP contribution < -0.4 is 4.74 Å². The van der Waals surface area contributed by atoms with Gasteiger partial charge in [-0.15, -0.1) is 0 Å². The van der Waals surface area contributed by atoms with Gasteiger partial charge in [-0.05, 0) is 63.0 Å². The Morgan fingerprint density at radius 1 is 1.38 bits per heavy atom. The molecule has 0 aliphatic carbocycles. The largest absolute Gasteiger partial charge is 0.492 e. The van der Waals surface area contributed by atoms with E-state index in [4.69, 9.17) is 4.74 Å². The lowest BCUT2D eigenvalue weighted by molar-refractivity contribution is 0.0668. The van der Waals surface area contributed by atoms with Crippen molar-refractivity contribution in [2.45, 2.75) is 39.7 Å². The number of hydrogen-bond donors (Lipinski definition) is 0. The van der Waals surface area contributed by atoms with Crippen molar-refractivity contribution in [2.24, 2.45) is 0 Å². The van der Waals surface area contributed by atoms with Crippen LogP contribution >= 0.6 is 0 Å². The average Bonchev–Trinajstić information content (AvgIpc) is 2.82. The van der Waals surface area contributed by atoms with Gasteiger partial charge >= 0.3 is 0 Å². The number of carbonyl (C=O) groups is 1. The maximum atomic E-state index is 13.5. The summed E-state index contributed by atoms with van der Waals surface area (Å²) in [5, 5.41) is 9.30. The molecule has 6 nitrogen and oxygen atoms in total. The van der Waals surface area contributed by atoms with Crippen molar-refractivity contribution in [3.8, 4) is 11.8 Å². The molecule has 168 valence electrons. The summed E-state index contributed by atoms with van der Waals surface area (Å²) in [6.45, 7) is 13.0. The molecule has 0 saturated carbocycles. The zero-order valence-corrected chi connectivity index (χ0v) is 19.5. The average molecular weight is 433 g/mol. The third-order valence-electron chi connectivity index (χ3n) is 6.18. The van der Waals surface area contributed by atoms with Crippen LogP contribution in [0.4, 0.5) is 0 Å². The van der Waals surface area contributed by atoms with E-state index in [-0.39, 0.29) is 11.9 Å². The second kappa shape index (κ2) is 10.4. The molecule has 0 N–H and O–H groups in total. The number of aromatic nitrogens is 1. The van der Waals surface area contributed by atoms with E-state index >= 15 is 0 Å². The topological polar surface area (TPSA) is 69.5 Å². The molecule has 2 heterocycles. The van der Waals surface area contributed by atoms with Gasteiger partial charge in [0.05, 0.1) is 18.3 Å². The number of amides is 1. The second-order valence-corrected chi connectivity index (χ2v) is 8.14. The predicted molar refractivity (Wildman–Crippen MR) is 127 cm³/mol. The maximum Gasteiger partial charge on any atom is 0.254 e. The first-order valence-electron chi connectivity index (χ1n) is 11.2. The zero-order chi connectivity index (χ0) is 23.3. The van der Waals surface area contributed by atoms with E-state index in [1.165, 1.54) is 6.20 Å². The number of benzene rings is 1. The minimum Gasteiger partial charge on any atom is -0.492 e. The second-order valence-electron chi connectivity index (χ2n) is 8.14. The molecule has 0 bridgehead atoms. The van der Waals surface area contributed by atoms with Gasteiger partial charge in [-0.25, -0.2) is 0 Å². The smallest absolute Gasteiger partial charge is 0.254 e. The van der Waals surface area contributed by atoms with Crippen LogP contribution in [0.5, 0.6) is 5.75 Å². The highest BCUT2D eigenvalue weighted by molar-refractivity contribution is 5.98. The summed E-state index contributed by atoms with van der Waals surface area (Å²) in [7, 11) is 2.10. The Balaban J connectivity index is 1.91. The predicted octanol–water partition coefficient (Wildman–Crippen LogP) is 4.25. The maximum absolute atomic E-state index is 13.5. The summed E-state index contributed by atoms with van der Waals surface area (Å²) in [6.07, 6.45) is 5.04. The molecule has 0 saturated heterocycles. The van der Waals surface area contributed by atoms with E-state index in [9.17, 15) is 10.1 Å². The summed E-state index contributed by atoms with van der Waals surface area (Å²) in [5.74, 6) is 0.518. The SMILES string of the molecule is C=Cc1cc(CCN(C)CC)cc2c1CCN(C(C)c1cc(OCC)c(C#N)cn1)C2=O. The molecule has 1 aromatic heterocycles. The first-order chi connectivity index (χ1) is 15.4. The quantitative estimate of drug-likeness (QED) is 0.593. The fourth-order valence-corrected chi connectivity index (χ4v) is 4.09. The highest BCUT2D eigenvalue weighted by atomic mass is 16.5. The Morgan fingerprint density at radius 3 is 2.81 bits per heavy atom. The zero-order valence-electron chi connectivity index (χ0n) is 19.5. The van der Waals surface area contributed by atoms with Gasteiger partial charge in [0.15, 0.2) is 0 Å². The van der Waals surface area contributed by atoms with E-state index in [2.05, 4.69) is 42.6 Å². The van der Waals surface area contributed by atoms with E-state index in [0.29, 0.717) is 30.2 Å². The summed E-state index contributed by atoms with van der Waals surface area (Å²) in [5.41, 5.74) is 5.14. The first kappa shape index (κ1) is 23.5. The molecule has 1 aliphatic rings. The van der Waals surface area contributed by atoms with Crippen molar-refractivity contribution in [1.82, 2.24) is 14.8 Å². The summed E-state index contributed by atoms with van der Waals surface area (Å²) >= 11 is 0. The van der Waals surface area contributed by atoms with Crippen molar-refractivity contribution in [3.63, 3.8) is 0 Å². The Hall–Kier alpha value is -3.17. The van der Waals surface area contributed by atoms with E-state index in [1.54, 1.807) is 6.07 Å². The minimum absolute atomic E-state index is 0.0108. The van der Waals surface area contributed by atoms with Crippen molar-refractivity contribution in [2.75, 3.05) is 33.3 Å². The van der Waals surface area contributed by atoms with E-state index in [0.717, 1.165) is 48.2 Å². The minimum atomic E-state index is -0.232. The number of likely N-dealkylation sites (N-methyl/N-ethyl adjacent to an activating group) is 1. The van der Waals surface area contributed by atoms with Crippen molar-refractivity contribution >= 4 is 12.0 Å². The Bertz CT molecular complexity index is 1040. The lowest BCUT2D eigenvalue weighted by Gasteiger charge is -2.34. The Kier molecular flexibility index (Phi) is 7.66. The molecule has 32 heavy (non-hydrogen) atoms. The number of pyridine rings is 1. The molecule has 1 atom stereocenters. The van der Waals surface area contributed by atoms with Gasteiger partial charge in [0.2, 0.25) is 0 Å². The van der Waals surface area contributed by atoms with Crippen LogP contribution in [0.1, 0.15) is 65.1 Å². The van der Waals surface area contributed by atoms with Crippen LogP contribution in [0.25, 0.3) is 6.08 Å². The number of fused-ring (bicyclic) bond motifs is 1. The lowest BCUT2D eigenvalue weighted by atomic mass is 9.90. The number of carbonyl (C=O) groups excluding carboxylic acids is 1. The highest BCUT2D eigenvalue weighted by Gasteiger charge is 2.31. The molecule has 1 aromatic carbocycles. The fourth-order valence-electron chi connectivity index (χ4n) is 4.09. The summed E-state index contributed by atoms with van der Waals surface area (Å²) < 4.78 is 5.61. The van der Waals surface area contributed by atoms with Gasteiger partial charge < -0.3 is 14.5 Å². The van der Waals surface area contributed by atoms with Crippen LogP contribution in [0, 0.1) is 11.3 Å². The van der Waals surface area contributed by atoms with Crippen LogP contribution in [0.15, 0.2) is 31.0 Å². The van der Waals surface area contributed by atoms with Gasteiger partial charge in [-0.2, -0.15) is 5.26 Å². The number of ether oxygens (including phenoxy) is 1. The van der Waals surface area contributed by atoms with Crippen LogP contribution in [0.3, 0.4) is 0 Å². The first-order valence-corrected chi connectivity index (χ1v) is 11.2. The molecule has 1 unspecified atom stereocenters. The molecule has 0 fully saturated rings. The van der Waals surface area contributed by atoms with E-state index in [1.807, 2.05) is 30.9 Å². The molecular weight excluding hydrogens is 400 g/mol. The monoisotopic (exact) mass is 432 g/mol. The van der Waals surface area contributed by atoms with Crippen LogP contribution in [0.2, 0.25) is 0 Å². The molecule has 0 radical (unpaired) electrons. The third kappa shape index (κ3) is 4.84. The van der Waals surface area contributed by atoms with Gasteiger partial charge in [-0.3, -0.25) is 9.78 Å². The van der Waals surface area contributed by atoms with Crippen molar-refractivity contribution in [3.05, 3.63) is 64.5 Å². The molecule has 0 spiro atoms. The van der Waals surface area contributed by atoms with Gasteiger partial charge in [0, 0.05) is 30.9 Å².